The Labute approximate surface area is 134 Å². The number of hydrogen-bond donors (Lipinski definition) is 0. The van der Waals surface area contributed by atoms with Crippen LogP contribution in [0.25, 0.3) is 0 Å². The standard InChI is InChI=1S/2C8H12.2ClH.Ru/c2*1-2-4-6-8-7-5-3-1;;;/h2*1-4H,5-8H2;2*1H;/q;;;;+2/p-2. The molecule has 19 heavy (non-hydrogen) atoms. The molecule has 0 N–H and O–H groups in total. The van der Waals surface area contributed by atoms with Gasteiger partial charge in [0.05, 0.1) is 0 Å². The first-order valence-electron chi connectivity index (χ1n) is 6.90. The monoisotopic (exact) mass is 388 g/mol. The topological polar surface area (TPSA) is 0 Å². The van der Waals surface area contributed by atoms with Gasteiger partial charge in [-0.3, -0.25) is 0 Å². The summed E-state index contributed by atoms with van der Waals surface area (Å²) in [4.78, 5) is 0. The molecular formula is C16H24Cl2Ru. The van der Waals surface area contributed by atoms with Crippen molar-refractivity contribution < 1.29 is 15.1 Å². The maximum atomic E-state index is 4.85. The average Bonchev–Trinajstić information content (AvgIpc) is 2.28. The fourth-order valence-electron chi connectivity index (χ4n) is 1.75. The molecule has 0 atom stereocenters. The van der Waals surface area contributed by atoms with Gasteiger partial charge in [0.1, 0.15) is 0 Å². The zero-order valence-electron chi connectivity index (χ0n) is 11.4. The molecule has 0 spiro atoms. The summed E-state index contributed by atoms with van der Waals surface area (Å²) < 4.78 is 0. The van der Waals surface area contributed by atoms with Crippen molar-refractivity contribution in [1.82, 2.24) is 0 Å². The van der Waals surface area contributed by atoms with Crippen molar-refractivity contribution >= 4 is 19.4 Å². The summed E-state index contributed by atoms with van der Waals surface area (Å²) in [6.45, 7) is 0. The van der Waals surface area contributed by atoms with Gasteiger partial charge < -0.3 is 0 Å². The molecule has 0 aromatic heterocycles. The summed E-state index contributed by atoms with van der Waals surface area (Å²) in [5, 5.41) is 0. The molecule has 0 aromatic rings. The molecule has 0 heterocycles. The Morgan fingerprint density at radius 2 is 0.737 bits per heavy atom. The van der Waals surface area contributed by atoms with Crippen molar-refractivity contribution in [2.75, 3.05) is 0 Å². The molecule has 0 nitrogen and oxygen atoms in total. The fourth-order valence-corrected chi connectivity index (χ4v) is 1.75. The van der Waals surface area contributed by atoms with Crippen LogP contribution < -0.4 is 0 Å². The Bertz CT molecular complexity index is 224. The number of halogens is 2. The summed E-state index contributed by atoms with van der Waals surface area (Å²) in [7, 11) is 9.71. The molecule has 0 fully saturated rings. The van der Waals surface area contributed by atoms with E-state index in [0.717, 1.165) is 0 Å². The number of allylic oxidation sites excluding steroid dienone is 8. The first-order chi connectivity index (χ1) is 9.41. The Balaban J connectivity index is 0.000000284. The van der Waals surface area contributed by atoms with Crippen LogP contribution in [0.5, 0.6) is 0 Å². The summed E-state index contributed by atoms with van der Waals surface area (Å²) in [5.41, 5.74) is 0. The van der Waals surface area contributed by atoms with E-state index in [2.05, 4.69) is 48.6 Å². The predicted octanol–water partition coefficient (Wildman–Crippen LogP) is 6.72. The van der Waals surface area contributed by atoms with Gasteiger partial charge in [-0.1, -0.05) is 48.6 Å². The van der Waals surface area contributed by atoms with Crippen LogP contribution in [-0.2, 0) is 15.1 Å². The second kappa shape index (κ2) is 18.2. The first-order valence-corrected chi connectivity index (χ1v) is 11.4. The molecule has 2 rings (SSSR count). The summed E-state index contributed by atoms with van der Waals surface area (Å²) in [6, 6.07) is 0. The van der Waals surface area contributed by atoms with Crippen molar-refractivity contribution in [3.63, 3.8) is 0 Å². The molecule has 3 heteroatoms. The zero-order valence-corrected chi connectivity index (χ0v) is 14.6. The maximum absolute atomic E-state index is 4.85. The van der Waals surface area contributed by atoms with Crippen LogP contribution in [0.4, 0.5) is 0 Å². The van der Waals surface area contributed by atoms with Crippen LogP contribution in [0.2, 0.25) is 0 Å². The van der Waals surface area contributed by atoms with Gasteiger partial charge >= 0.3 is 34.5 Å². The molecular weight excluding hydrogens is 364 g/mol. The van der Waals surface area contributed by atoms with Crippen molar-refractivity contribution in [2.45, 2.75) is 51.4 Å². The zero-order chi connectivity index (χ0) is 14.0. The molecule has 110 valence electrons. The van der Waals surface area contributed by atoms with Gasteiger partial charge in [-0.25, -0.2) is 0 Å². The van der Waals surface area contributed by atoms with Gasteiger partial charge in [0, 0.05) is 0 Å². The molecule has 0 saturated heterocycles. The van der Waals surface area contributed by atoms with E-state index >= 15 is 0 Å². The molecule has 2 aliphatic carbocycles. The van der Waals surface area contributed by atoms with Crippen molar-refractivity contribution in [3.8, 4) is 0 Å². The second-order valence-electron chi connectivity index (χ2n) is 4.33. The third-order valence-electron chi connectivity index (χ3n) is 2.75. The van der Waals surface area contributed by atoms with Crippen molar-refractivity contribution in [3.05, 3.63) is 48.6 Å². The Kier molecular flexibility index (Phi) is 18.3. The molecule has 0 aromatic carbocycles. The Hall–Kier alpha value is 0.163. The van der Waals surface area contributed by atoms with E-state index in [0.29, 0.717) is 0 Å². The first kappa shape index (κ1) is 19.2. The molecule has 0 unspecified atom stereocenters. The van der Waals surface area contributed by atoms with Crippen LogP contribution in [0.15, 0.2) is 48.6 Å². The molecule has 0 saturated carbocycles. The third kappa shape index (κ3) is 18.2. The van der Waals surface area contributed by atoms with E-state index in [1.165, 1.54) is 51.4 Å². The minimum absolute atomic E-state index is 0.346. The molecule has 0 aliphatic heterocycles. The Morgan fingerprint density at radius 3 is 0.947 bits per heavy atom. The fraction of sp³-hybridized carbons (Fsp3) is 0.500. The van der Waals surface area contributed by atoms with Gasteiger partial charge in [0.2, 0.25) is 0 Å². The van der Waals surface area contributed by atoms with E-state index in [-0.39, 0.29) is 15.1 Å². The van der Waals surface area contributed by atoms with Crippen molar-refractivity contribution in [1.29, 1.82) is 0 Å². The van der Waals surface area contributed by atoms with E-state index in [4.69, 9.17) is 19.4 Å². The van der Waals surface area contributed by atoms with Crippen molar-refractivity contribution in [2.24, 2.45) is 0 Å². The van der Waals surface area contributed by atoms with Crippen LogP contribution in [-0.4, -0.2) is 0 Å². The average molecular weight is 388 g/mol. The van der Waals surface area contributed by atoms with Crippen LogP contribution >= 0.6 is 19.4 Å². The quantitative estimate of drug-likeness (QED) is 0.404. The summed E-state index contributed by atoms with van der Waals surface area (Å²) in [6.07, 6.45) is 28.0. The van der Waals surface area contributed by atoms with Crippen LogP contribution in [0, 0.1) is 0 Å². The van der Waals surface area contributed by atoms with Crippen LogP contribution in [0.3, 0.4) is 0 Å². The summed E-state index contributed by atoms with van der Waals surface area (Å²) in [5.74, 6) is 0. The third-order valence-corrected chi connectivity index (χ3v) is 2.75. The molecule has 2 aliphatic rings. The molecule has 0 radical (unpaired) electrons. The second-order valence-corrected chi connectivity index (χ2v) is 6.97. The van der Waals surface area contributed by atoms with Gasteiger partial charge in [-0.05, 0) is 51.4 Å². The minimum atomic E-state index is -0.346. The van der Waals surface area contributed by atoms with E-state index in [1.807, 2.05) is 0 Å². The predicted molar refractivity (Wildman–Crippen MR) is 85.2 cm³/mol. The number of rotatable bonds is 0. The van der Waals surface area contributed by atoms with Gasteiger partial charge in [0.25, 0.3) is 0 Å². The summed E-state index contributed by atoms with van der Waals surface area (Å²) >= 11 is -0.346. The van der Waals surface area contributed by atoms with E-state index in [9.17, 15) is 0 Å². The van der Waals surface area contributed by atoms with Gasteiger partial charge in [-0.2, -0.15) is 0 Å². The van der Waals surface area contributed by atoms with Gasteiger partial charge in [-0.15, -0.1) is 0 Å². The molecule has 0 amide bonds. The van der Waals surface area contributed by atoms with Gasteiger partial charge in [0.15, 0.2) is 0 Å². The van der Waals surface area contributed by atoms with E-state index < -0.39 is 0 Å². The SMILES string of the molecule is C1=CCCCCC=C1.C1=CCCCCC=C1.[Cl][Ru][Cl]. The number of hydrogen-bond acceptors (Lipinski definition) is 0. The normalized spacial score (nSPS) is 18.0. The Morgan fingerprint density at radius 1 is 0.526 bits per heavy atom. The molecule has 0 bridgehead atoms. The van der Waals surface area contributed by atoms with Crippen LogP contribution in [0.1, 0.15) is 51.4 Å². The van der Waals surface area contributed by atoms with E-state index in [1.54, 1.807) is 0 Å².